The maximum Gasteiger partial charge on any atom is 0.224 e. The van der Waals surface area contributed by atoms with Crippen LogP contribution in [0.1, 0.15) is 40.5 Å². The third-order valence-corrected chi connectivity index (χ3v) is 3.81. The van der Waals surface area contributed by atoms with E-state index >= 15 is 0 Å². The molecule has 0 saturated heterocycles. The summed E-state index contributed by atoms with van der Waals surface area (Å²) >= 11 is 0. The van der Waals surface area contributed by atoms with E-state index in [2.05, 4.69) is 39.1 Å². The number of primary amides is 1. The molecule has 98 valence electrons. The summed E-state index contributed by atoms with van der Waals surface area (Å²) in [5, 5.41) is 3.57. The van der Waals surface area contributed by atoms with E-state index in [1.54, 1.807) is 0 Å². The Kier molecular flexibility index (Phi) is 4.75. The monoisotopic (exact) mass is 238 g/mol. The summed E-state index contributed by atoms with van der Waals surface area (Å²) in [5.74, 6) is 0.289. The molecule has 1 rings (SSSR count). The van der Waals surface area contributed by atoms with Crippen molar-refractivity contribution in [3.05, 3.63) is 12.2 Å². The van der Waals surface area contributed by atoms with E-state index in [9.17, 15) is 4.79 Å². The van der Waals surface area contributed by atoms with Crippen molar-refractivity contribution in [1.82, 2.24) is 5.32 Å². The Bertz CT molecular complexity index is 291. The van der Waals surface area contributed by atoms with Gasteiger partial charge in [0.1, 0.15) is 0 Å². The van der Waals surface area contributed by atoms with Crippen LogP contribution in [0.5, 0.6) is 0 Å². The zero-order valence-electron chi connectivity index (χ0n) is 11.5. The fourth-order valence-corrected chi connectivity index (χ4v) is 1.92. The van der Waals surface area contributed by atoms with Crippen LogP contribution in [0, 0.1) is 17.3 Å². The van der Waals surface area contributed by atoms with Crippen LogP contribution in [0.4, 0.5) is 0 Å². The van der Waals surface area contributed by atoms with Crippen molar-refractivity contribution in [3.63, 3.8) is 0 Å². The molecule has 0 spiro atoms. The summed E-state index contributed by atoms with van der Waals surface area (Å²) in [6.45, 7) is 9.93. The standard InChI is InChI=1S/C14H26N2O/c1-10(14(2,3)4)16-9-11-5-7-12(8-6-11)13(15)17/h5,7,10-12,16H,6,8-9H2,1-4H3,(H2,15,17). The molecule has 3 atom stereocenters. The lowest BCUT2D eigenvalue weighted by molar-refractivity contribution is -0.120. The molecule has 1 aliphatic rings. The normalized spacial score (nSPS) is 26.8. The molecule has 0 aromatic heterocycles. The highest BCUT2D eigenvalue weighted by atomic mass is 16.1. The summed E-state index contributed by atoms with van der Waals surface area (Å²) < 4.78 is 0. The highest BCUT2D eigenvalue weighted by Crippen LogP contribution is 2.23. The molecule has 3 heteroatoms. The summed E-state index contributed by atoms with van der Waals surface area (Å²) in [6, 6.07) is 0.491. The number of nitrogens with two attached hydrogens (primary N) is 1. The predicted octanol–water partition coefficient (Wildman–Crippen LogP) is 2.08. The summed E-state index contributed by atoms with van der Waals surface area (Å²) in [7, 11) is 0. The molecular weight excluding hydrogens is 212 g/mol. The Labute approximate surface area is 105 Å². The van der Waals surface area contributed by atoms with Gasteiger partial charge in [-0.3, -0.25) is 4.79 Å². The quantitative estimate of drug-likeness (QED) is 0.737. The second kappa shape index (κ2) is 5.67. The molecular formula is C14H26N2O. The number of nitrogens with one attached hydrogen (secondary N) is 1. The summed E-state index contributed by atoms with van der Waals surface area (Å²) in [6.07, 6.45) is 6.05. The number of carbonyl (C=O) groups excluding carboxylic acids is 1. The molecule has 0 saturated carbocycles. The van der Waals surface area contributed by atoms with E-state index in [4.69, 9.17) is 5.73 Å². The minimum absolute atomic E-state index is 0.0497. The van der Waals surface area contributed by atoms with Crippen LogP contribution < -0.4 is 11.1 Å². The number of hydrogen-bond acceptors (Lipinski definition) is 2. The van der Waals surface area contributed by atoms with Crippen LogP contribution in [-0.2, 0) is 4.79 Å². The number of hydrogen-bond donors (Lipinski definition) is 2. The topological polar surface area (TPSA) is 55.1 Å². The average Bonchev–Trinajstić information content (AvgIpc) is 2.25. The van der Waals surface area contributed by atoms with Crippen molar-refractivity contribution in [3.8, 4) is 0 Å². The molecule has 3 unspecified atom stereocenters. The molecule has 0 aromatic carbocycles. The van der Waals surface area contributed by atoms with Gasteiger partial charge in [-0.1, -0.05) is 32.9 Å². The Balaban J connectivity index is 2.36. The fourth-order valence-electron chi connectivity index (χ4n) is 1.92. The van der Waals surface area contributed by atoms with Gasteiger partial charge in [0, 0.05) is 12.6 Å². The number of amides is 1. The molecule has 1 amide bonds. The molecule has 0 aliphatic heterocycles. The van der Waals surface area contributed by atoms with Crippen LogP contribution in [0.2, 0.25) is 0 Å². The van der Waals surface area contributed by atoms with Crippen molar-refractivity contribution in [1.29, 1.82) is 0 Å². The lowest BCUT2D eigenvalue weighted by atomic mass is 9.86. The zero-order valence-corrected chi connectivity index (χ0v) is 11.5. The Morgan fingerprint density at radius 3 is 2.47 bits per heavy atom. The molecule has 3 nitrogen and oxygen atoms in total. The zero-order chi connectivity index (χ0) is 13.1. The van der Waals surface area contributed by atoms with Crippen LogP contribution in [0.3, 0.4) is 0 Å². The minimum atomic E-state index is -0.198. The van der Waals surface area contributed by atoms with E-state index in [0.29, 0.717) is 12.0 Å². The van der Waals surface area contributed by atoms with Gasteiger partial charge < -0.3 is 11.1 Å². The number of carbonyl (C=O) groups is 1. The SMILES string of the molecule is CC(NCC1C=CC(C(N)=O)CC1)C(C)(C)C. The van der Waals surface area contributed by atoms with Crippen LogP contribution >= 0.6 is 0 Å². The lowest BCUT2D eigenvalue weighted by Crippen LogP contribution is -2.40. The van der Waals surface area contributed by atoms with E-state index in [0.717, 1.165) is 19.4 Å². The van der Waals surface area contributed by atoms with Crippen molar-refractivity contribution in [2.24, 2.45) is 23.0 Å². The first-order chi connectivity index (χ1) is 7.80. The van der Waals surface area contributed by atoms with Crippen LogP contribution in [-0.4, -0.2) is 18.5 Å². The van der Waals surface area contributed by atoms with E-state index in [1.165, 1.54) is 0 Å². The minimum Gasteiger partial charge on any atom is -0.369 e. The summed E-state index contributed by atoms with van der Waals surface area (Å²) in [4.78, 5) is 11.0. The molecule has 0 bridgehead atoms. The van der Waals surface area contributed by atoms with Gasteiger partial charge in [0.15, 0.2) is 0 Å². The molecule has 17 heavy (non-hydrogen) atoms. The van der Waals surface area contributed by atoms with Gasteiger partial charge in [0.25, 0.3) is 0 Å². The van der Waals surface area contributed by atoms with Crippen molar-refractivity contribution in [2.45, 2.75) is 46.6 Å². The first kappa shape index (κ1) is 14.2. The predicted molar refractivity (Wildman–Crippen MR) is 71.5 cm³/mol. The lowest BCUT2D eigenvalue weighted by Gasteiger charge is -2.30. The maximum absolute atomic E-state index is 11.0. The third kappa shape index (κ3) is 4.50. The van der Waals surface area contributed by atoms with Crippen molar-refractivity contribution >= 4 is 5.91 Å². The van der Waals surface area contributed by atoms with E-state index in [1.807, 2.05) is 6.08 Å². The largest absolute Gasteiger partial charge is 0.369 e. The molecule has 0 aromatic rings. The van der Waals surface area contributed by atoms with Crippen molar-refractivity contribution in [2.75, 3.05) is 6.54 Å². The highest BCUT2D eigenvalue weighted by molar-refractivity contribution is 5.78. The Hall–Kier alpha value is -0.830. The first-order valence-corrected chi connectivity index (χ1v) is 6.51. The first-order valence-electron chi connectivity index (χ1n) is 6.51. The van der Waals surface area contributed by atoms with Gasteiger partial charge in [-0.05, 0) is 31.1 Å². The van der Waals surface area contributed by atoms with Crippen molar-refractivity contribution < 1.29 is 4.79 Å². The average molecular weight is 238 g/mol. The molecule has 0 heterocycles. The second-order valence-electron chi connectivity index (χ2n) is 6.23. The molecule has 0 fully saturated rings. The smallest absolute Gasteiger partial charge is 0.224 e. The van der Waals surface area contributed by atoms with Gasteiger partial charge in [-0.25, -0.2) is 0 Å². The van der Waals surface area contributed by atoms with E-state index in [-0.39, 0.29) is 17.2 Å². The summed E-state index contributed by atoms with van der Waals surface area (Å²) in [5.41, 5.74) is 5.57. The molecule has 3 N–H and O–H groups in total. The van der Waals surface area contributed by atoms with Gasteiger partial charge >= 0.3 is 0 Å². The van der Waals surface area contributed by atoms with Gasteiger partial charge in [-0.2, -0.15) is 0 Å². The molecule has 0 radical (unpaired) electrons. The van der Waals surface area contributed by atoms with Crippen LogP contribution in [0.15, 0.2) is 12.2 Å². The molecule has 1 aliphatic carbocycles. The number of rotatable bonds is 4. The third-order valence-electron chi connectivity index (χ3n) is 3.81. The maximum atomic E-state index is 11.0. The van der Waals surface area contributed by atoms with E-state index < -0.39 is 0 Å². The second-order valence-corrected chi connectivity index (χ2v) is 6.23. The van der Waals surface area contributed by atoms with Gasteiger partial charge in [0.05, 0.1) is 5.92 Å². The van der Waals surface area contributed by atoms with Gasteiger partial charge in [0.2, 0.25) is 5.91 Å². The Morgan fingerprint density at radius 1 is 1.41 bits per heavy atom. The Morgan fingerprint density at radius 2 is 2.06 bits per heavy atom. The van der Waals surface area contributed by atoms with Gasteiger partial charge in [-0.15, -0.1) is 0 Å². The van der Waals surface area contributed by atoms with Crippen LogP contribution in [0.25, 0.3) is 0 Å². The fraction of sp³-hybridized carbons (Fsp3) is 0.786. The highest BCUT2D eigenvalue weighted by Gasteiger charge is 2.22.